The van der Waals surface area contributed by atoms with E-state index in [9.17, 15) is 0 Å². The zero-order valence-corrected chi connectivity index (χ0v) is 12.7. The van der Waals surface area contributed by atoms with Crippen LogP contribution in [0.3, 0.4) is 0 Å². The number of benzene rings is 1. The molecule has 1 aliphatic rings. The summed E-state index contributed by atoms with van der Waals surface area (Å²) in [5, 5.41) is 12.5. The summed E-state index contributed by atoms with van der Waals surface area (Å²) in [4.78, 5) is 4.29. The van der Waals surface area contributed by atoms with Crippen molar-refractivity contribution in [1.82, 2.24) is 10.3 Å². The highest BCUT2D eigenvalue weighted by molar-refractivity contribution is 5.64. The van der Waals surface area contributed by atoms with Crippen LogP contribution < -0.4 is 10.1 Å². The summed E-state index contributed by atoms with van der Waals surface area (Å²) >= 11 is 0. The van der Waals surface area contributed by atoms with E-state index in [1.807, 2.05) is 24.4 Å². The maximum atomic E-state index is 9.06. The van der Waals surface area contributed by atoms with Gasteiger partial charge in [-0.25, -0.2) is 0 Å². The topological polar surface area (TPSA) is 54.4 Å². The quantitative estimate of drug-likeness (QED) is 0.860. The molecule has 0 unspecified atom stereocenters. The van der Waals surface area contributed by atoms with Gasteiger partial charge in [0.25, 0.3) is 0 Å². The first-order valence-electron chi connectivity index (χ1n) is 7.86. The predicted octanol–water partition coefficient (Wildman–Crippen LogP) is 2.41. The number of rotatable bonds is 6. The van der Waals surface area contributed by atoms with E-state index < -0.39 is 0 Å². The zero-order chi connectivity index (χ0) is 15.2. The monoisotopic (exact) mass is 298 g/mol. The normalized spacial score (nSPS) is 17.6. The minimum Gasteiger partial charge on any atom is -0.490 e. The highest BCUT2D eigenvalue weighted by Gasteiger charge is 2.14. The molecule has 2 heterocycles. The van der Waals surface area contributed by atoms with Crippen molar-refractivity contribution >= 4 is 0 Å². The molecule has 0 spiro atoms. The molecule has 1 aromatic heterocycles. The van der Waals surface area contributed by atoms with Gasteiger partial charge in [0.1, 0.15) is 12.4 Å². The van der Waals surface area contributed by atoms with Crippen LogP contribution in [0.25, 0.3) is 11.1 Å². The largest absolute Gasteiger partial charge is 0.490 e. The molecule has 0 radical (unpaired) electrons. The number of nitrogens with zero attached hydrogens (tertiary/aromatic N) is 1. The SMILES string of the molecule is OCCc1cccc(-c2cncc(OC[C@@H]3CCCN3)c2)c1. The van der Waals surface area contributed by atoms with E-state index in [0.29, 0.717) is 19.1 Å². The minimum atomic E-state index is 0.166. The predicted molar refractivity (Wildman–Crippen MR) is 87.0 cm³/mol. The summed E-state index contributed by atoms with van der Waals surface area (Å²) in [6, 6.07) is 10.7. The van der Waals surface area contributed by atoms with Crippen molar-refractivity contribution in [3.05, 3.63) is 48.3 Å². The summed E-state index contributed by atoms with van der Waals surface area (Å²) in [6.45, 7) is 1.94. The summed E-state index contributed by atoms with van der Waals surface area (Å²) in [6.07, 6.45) is 6.68. The Hall–Kier alpha value is -1.91. The maximum Gasteiger partial charge on any atom is 0.138 e. The lowest BCUT2D eigenvalue weighted by atomic mass is 10.0. The first kappa shape index (κ1) is 15.0. The van der Waals surface area contributed by atoms with E-state index in [2.05, 4.69) is 22.4 Å². The van der Waals surface area contributed by atoms with Gasteiger partial charge in [0, 0.05) is 24.4 Å². The number of hydrogen-bond acceptors (Lipinski definition) is 4. The lowest BCUT2D eigenvalue weighted by Crippen LogP contribution is -2.28. The van der Waals surface area contributed by atoms with Crippen LogP contribution in [0.1, 0.15) is 18.4 Å². The van der Waals surface area contributed by atoms with E-state index in [1.165, 1.54) is 12.8 Å². The van der Waals surface area contributed by atoms with Crippen LogP contribution in [-0.4, -0.2) is 35.9 Å². The Bertz CT molecular complexity index is 610. The molecular formula is C18H22N2O2. The molecule has 4 heteroatoms. The standard InChI is InChI=1S/C18H22N2O2/c21-8-6-14-3-1-4-15(9-14)16-10-18(12-19-11-16)22-13-17-5-2-7-20-17/h1,3-4,9-12,17,20-21H,2,5-8,13H2/t17-/m0/s1. The van der Waals surface area contributed by atoms with Crippen molar-refractivity contribution in [2.24, 2.45) is 0 Å². The van der Waals surface area contributed by atoms with Gasteiger partial charge < -0.3 is 15.2 Å². The van der Waals surface area contributed by atoms with Crippen molar-refractivity contribution < 1.29 is 9.84 Å². The lowest BCUT2D eigenvalue weighted by Gasteiger charge is -2.12. The number of aliphatic hydroxyl groups excluding tert-OH is 1. The number of aliphatic hydroxyl groups is 1. The van der Waals surface area contributed by atoms with Crippen molar-refractivity contribution in [2.75, 3.05) is 19.8 Å². The van der Waals surface area contributed by atoms with Crippen LogP contribution in [0, 0.1) is 0 Å². The van der Waals surface area contributed by atoms with Crippen molar-refractivity contribution in [3.63, 3.8) is 0 Å². The number of nitrogens with one attached hydrogen (secondary N) is 1. The van der Waals surface area contributed by atoms with E-state index >= 15 is 0 Å². The molecule has 2 N–H and O–H groups in total. The molecule has 3 rings (SSSR count). The Morgan fingerprint density at radius 1 is 1.23 bits per heavy atom. The summed E-state index contributed by atoms with van der Waals surface area (Å²) in [7, 11) is 0. The van der Waals surface area contributed by atoms with Gasteiger partial charge in [-0.1, -0.05) is 24.3 Å². The Morgan fingerprint density at radius 2 is 2.18 bits per heavy atom. The van der Waals surface area contributed by atoms with E-state index in [1.54, 1.807) is 6.20 Å². The molecule has 22 heavy (non-hydrogen) atoms. The highest BCUT2D eigenvalue weighted by atomic mass is 16.5. The van der Waals surface area contributed by atoms with Gasteiger partial charge in [0.15, 0.2) is 0 Å². The Kier molecular flexibility index (Phi) is 5.03. The smallest absolute Gasteiger partial charge is 0.138 e. The van der Waals surface area contributed by atoms with Crippen LogP contribution in [0.15, 0.2) is 42.7 Å². The lowest BCUT2D eigenvalue weighted by molar-refractivity contribution is 0.276. The van der Waals surface area contributed by atoms with Gasteiger partial charge in [0.05, 0.1) is 6.20 Å². The molecule has 1 fully saturated rings. The fraction of sp³-hybridized carbons (Fsp3) is 0.389. The van der Waals surface area contributed by atoms with Crippen LogP contribution in [0.4, 0.5) is 0 Å². The van der Waals surface area contributed by atoms with Gasteiger partial charge in [-0.05, 0) is 43.0 Å². The summed E-state index contributed by atoms with van der Waals surface area (Å²) < 4.78 is 5.86. The Balaban J connectivity index is 1.71. The number of hydrogen-bond donors (Lipinski definition) is 2. The van der Waals surface area contributed by atoms with E-state index in [0.717, 1.165) is 29.0 Å². The second kappa shape index (κ2) is 7.38. The third-order valence-corrected chi connectivity index (χ3v) is 3.99. The Labute approximate surface area is 131 Å². The van der Waals surface area contributed by atoms with E-state index in [4.69, 9.17) is 9.84 Å². The molecule has 0 bridgehead atoms. The maximum absolute atomic E-state index is 9.06. The van der Waals surface area contributed by atoms with Crippen molar-refractivity contribution in [3.8, 4) is 16.9 Å². The summed E-state index contributed by atoms with van der Waals surface area (Å²) in [5.74, 6) is 0.804. The summed E-state index contributed by atoms with van der Waals surface area (Å²) in [5.41, 5.74) is 3.26. The molecule has 1 aromatic carbocycles. The van der Waals surface area contributed by atoms with Crippen LogP contribution in [0.2, 0.25) is 0 Å². The molecule has 1 aliphatic heterocycles. The van der Waals surface area contributed by atoms with Gasteiger partial charge >= 0.3 is 0 Å². The molecule has 0 saturated carbocycles. The van der Waals surface area contributed by atoms with Crippen LogP contribution >= 0.6 is 0 Å². The van der Waals surface area contributed by atoms with Gasteiger partial charge in [0.2, 0.25) is 0 Å². The average molecular weight is 298 g/mol. The van der Waals surface area contributed by atoms with Gasteiger partial charge in [-0.3, -0.25) is 4.98 Å². The number of aromatic nitrogens is 1. The molecule has 116 valence electrons. The van der Waals surface area contributed by atoms with Crippen LogP contribution in [-0.2, 0) is 6.42 Å². The first-order chi connectivity index (χ1) is 10.8. The molecule has 4 nitrogen and oxygen atoms in total. The first-order valence-corrected chi connectivity index (χ1v) is 7.86. The van der Waals surface area contributed by atoms with Gasteiger partial charge in [-0.15, -0.1) is 0 Å². The minimum absolute atomic E-state index is 0.166. The molecule has 0 amide bonds. The molecule has 1 atom stereocenters. The zero-order valence-electron chi connectivity index (χ0n) is 12.7. The molecule has 1 saturated heterocycles. The second-order valence-electron chi connectivity index (χ2n) is 5.69. The van der Waals surface area contributed by atoms with Gasteiger partial charge in [-0.2, -0.15) is 0 Å². The highest BCUT2D eigenvalue weighted by Crippen LogP contribution is 2.24. The number of ether oxygens (including phenoxy) is 1. The second-order valence-corrected chi connectivity index (χ2v) is 5.69. The fourth-order valence-corrected chi connectivity index (χ4v) is 2.79. The third kappa shape index (κ3) is 3.84. The molecule has 0 aliphatic carbocycles. The van der Waals surface area contributed by atoms with Crippen LogP contribution in [0.5, 0.6) is 5.75 Å². The molecule has 2 aromatic rings. The average Bonchev–Trinajstić information content (AvgIpc) is 3.07. The van der Waals surface area contributed by atoms with Crippen molar-refractivity contribution in [2.45, 2.75) is 25.3 Å². The number of pyridine rings is 1. The van der Waals surface area contributed by atoms with E-state index in [-0.39, 0.29) is 6.61 Å². The Morgan fingerprint density at radius 3 is 3.00 bits per heavy atom. The molecular weight excluding hydrogens is 276 g/mol. The third-order valence-electron chi connectivity index (χ3n) is 3.99. The fourth-order valence-electron chi connectivity index (χ4n) is 2.79. The van der Waals surface area contributed by atoms with Crippen molar-refractivity contribution in [1.29, 1.82) is 0 Å².